The van der Waals surface area contributed by atoms with Crippen molar-refractivity contribution in [2.45, 2.75) is 183 Å². The zero-order chi connectivity index (χ0) is 75.3. The minimum Gasteiger partial charge on any atom is -0.394 e. The Kier molecular flexibility index (Phi) is 36.2. The second-order valence-electron chi connectivity index (χ2n) is 25.3. The molecule has 102 heavy (non-hydrogen) atoms. The van der Waals surface area contributed by atoms with Crippen LogP contribution in [0.4, 0.5) is 0 Å². The maximum absolute atomic E-state index is 14.9. The molecule has 41 heteroatoms. The van der Waals surface area contributed by atoms with E-state index >= 15 is 0 Å². The number of hydrogen-bond acceptors (Lipinski definition) is 25. The molecule has 4 saturated heterocycles. The standard InChI is InChI=1S/C61H99N19O17S5/c1-7-31(4)47-59(95)74-39(48(64)84)25-99-101-27-41-55(91)72-37(23-81)52(88)71-36(20-33-22-65-29-66-33)60(96)79-17-10-13-43(79)56(92)77-46(30(2)3)58(94)76-42(28-102-100-26-40(53(89)75-41)68-45(83)21-63)54(90)70-34(12-8-9-16-62)50(86)67-32(5)49(85)69-35(15-19-98-6)51(87)73-38(24-82)61(97)80-18-11-14-44(80)57(93)78-47/h22,29-32,34-44,46-47,81-82H,7-21,23-28,62-63H2,1-6H3,(H2,64,84)(H,65,66)(H,67,86)(H,68,83)(H,69,85)(H,70,90)(H,71,88)(H,72,91)(H,73,87)(H,74,95)(H,75,89)(H,76,94)(H,77,92)(H,78,93)/t31-,32-,34-,35-,36-,37-,38-,39-,40-,41-,42-,43-,44-,46-,47-/m0/s1. The van der Waals surface area contributed by atoms with E-state index in [9.17, 15) is 82.1 Å². The lowest BCUT2D eigenvalue weighted by molar-refractivity contribution is -0.143. The van der Waals surface area contributed by atoms with Crippen molar-refractivity contribution in [1.82, 2.24) is 83.6 Å². The maximum Gasteiger partial charge on any atom is 0.248 e. The molecule has 4 fully saturated rings. The molecule has 0 spiro atoms. The van der Waals surface area contributed by atoms with Crippen LogP contribution in [0.25, 0.3) is 0 Å². The molecular weight excluding hydrogens is 1430 g/mol. The van der Waals surface area contributed by atoms with Crippen molar-refractivity contribution in [3.63, 3.8) is 0 Å². The first kappa shape index (κ1) is 85.5. The molecule has 570 valence electrons. The Morgan fingerprint density at radius 1 is 0.598 bits per heavy atom. The summed E-state index contributed by atoms with van der Waals surface area (Å²) in [6.07, 6.45) is 5.84. The fourth-order valence-electron chi connectivity index (χ4n) is 11.2. The first-order valence-electron chi connectivity index (χ1n) is 33.7. The summed E-state index contributed by atoms with van der Waals surface area (Å²) in [5, 5.41) is 52.5. The maximum atomic E-state index is 14.9. The third-order valence-corrected chi connectivity index (χ3v) is 22.9. The third-order valence-electron chi connectivity index (χ3n) is 17.4. The normalized spacial score (nSPS) is 28.9. The number of hydrogen-bond donors (Lipinski definition) is 18. The SMILES string of the molecule is CC[C@H](C)[C@@H]1NC(=O)[C@@H]2CCCN2C(=O)[C@H](CO)NC(=O)[C@H](CCSC)NC(=O)[C@H](C)NC(=O)[C@H](CCCCN)NC(=O)[C@@H]2CSSC[C@H](NC(=O)CN)C(=O)N[C@@H](CSSC[C@@H](C(N)=O)NC1=O)C(=O)N[C@@H](CO)C(=O)N[C@@H](Cc1cnc[nH]1)C(=O)N1CCC[C@H]1C(=O)N[C@@H](C(C)C)C(=O)N2. The van der Waals surface area contributed by atoms with Crippen molar-refractivity contribution < 1.29 is 82.1 Å². The van der Waals surface area contributed by atoms with Crippen LogP contribution < -0.4 is 81.0 Å². The molecule has 1 aromatic heterocycles. The lowest BCUT2D eigenvalue weighted by Crippen LogP contribution is -2.62. The van der Waals surface area contributed by atoms with Gasteiger partial charge in [0.25, 0.3) is 0 Å². The summed E-state index contributed by atoms with van der Waals surface area (Å²) in [4.78, 5) is 223. The highest BCUT2D eigenvalue weighted by molar-refractivity contribution is 8.77. The van der Waals surface area contributed by atoms with Crippen molar-refractivity contribution >= 4 is 144 Å². The smallest absolute Gasteiger partial charge is 0.248 e. The van der Waals surface area contributed by atoms with E-state index in [1.165, 1.54) is 36.1 Å². The number of primary amides is 1. The van der Waals surface area contributed by atoms with Crippen LogP contribution in [-0.2, 0) is 78.3 Å². The fourth-order valence-corrected chi connectivity index (χ4v) is 16.4. The number of thioether (sulfide) groups is 1. The number of nitrogens with zero attached hydrogens (tertiary/aromatic N) is 3. The monoisotopic (exact) mass is 1530 g/mol. The quantitative estimate of drug-likeness (QED) is 0.0509. The molecule has 0 aromatic carbocycles. The number of rotatable bonds is 17. The predicted octanol–water partition coefficient (Wildman–Crippen LogP) is -6.43. The van der Waals surface area contributed by atoms with Gasteiger partial charge in [-0.25, -0.2) is 4.98 Å². The molecule has 0 aliphatic carbocycles. The van der Waals surface area contributed by atoms with E-state index in [-0.39, 0.29) is 75.4 Å². The summed E-state index contributed by atoms with van der Waals surface area (Å²) < 4.78 is 0. The summed E-state index contributed by atoms with van der Waals surface area (Å²) in [7, 11) is 3.56. The van der Waals surface area contributed by atoms with Crippen LogP contribution in [0.3, 0.4) is 0 Å². The van der Waals surface area contributed by atoms with Gasteiger partial charge in [-0.15, -0.1) is 0 Å². The van der Waals surface area contributed by atoms with Crippen LogP contribution in [0.15, 0.2) is 12.5 Å². The van der Waals surface area contributed by atoms with Crippen molar-refractivity contribution in [2.75, 3.05) is 74.4 Å². The molecule has 0 unspecified atom stereocenters. The number of unbranched alkanes of at least 4 members (excludes halogenated alkanes) is 1. The molecule has 0 saturated carbocycles. The van der Waals surface area contributed by atoms with Gasteiger partial charge in [0.05, 0.1) is 26.1 Å². The number of aromatic nitrogens is 2. The number of nitrogens with one attached hydrogen (secondary N) is 13. The van der Waals surface area contributed by atoms with Gasteiger partial charge in [-0.1, -0.05) is 77.3 Å². The number of carbonyl (C=O) groups excluding carboxylic acids is 15. The molecule has 15 atom stereocenters. The first-order valence-corrected chi connectivity index (χ1v) is 40.1. The molecule has 21 N–H and O–H groups in total. The Balaban J connectivity index is 1.64. The molecule has 4 aliphatic heterocycles. The summed E-state index contributed by atoms with van der Waals surface area (Å²) in [5.41, 5.74) is 17.7. The van der Waals surface area contributed by atoms with Gasteiger partial charge in [0.15, 0.2) is 0 Å². The molecule has 4 aliphatic rings. The third kappa shape index (κ3) is 25.6. The second kappa shape index (κ2) is 43.2. The summed E-state index contributed by atoms with van der Waals surface area (Å²) in [6, 6.07) is -20.6. The molecular formula is C61H99N19O17S5. The van der Waals surface area contributed by atoms with Crippen molar-refractivity contribution in [1.29, 1.82) is 0 Å². The van der Waals surface area contributed by atoms with Crippen LogP contribution in [-0.4, -0.2) is 278 Å². The zero-order valence-corrected chi connectivity index (χ0v) is 62.0. The number of H-pyrrole nitrogens is 1. The Bertz CT molecular complexity index is 3090. The molecule has 36 nitrogen and oxygen atoms in total. The zero-order valence-electron chi connectivity index (χ0n) is 57.9. The van der Waals surface area contributed by atoms with Gasteiger partial charge in [0, 0.05) is 54.4 Å². The largest absolute Gasteiger partial charge is 0.394 e. The van der Waals surface area contributed by atoms with Gasteiger partial charge in [-0.3, -0.25) is 71.9 Å². The van der Waals surface area contributed by atoms with Gasteiger partial charge in [-0.05, 0) is 88.7 Å². The van der Waals surface area contributed by atoms with E-state index in [0.29, 0.717) is 37.1 Å². The van der Waals surface area contributed by atoms with E-state index in [4.69, 9.17) is 17.2 Å². The topological polar surface area (TPSA) is 554 Å². The Hall–Kier alpha value is -7.15. The van der Waals surface area contributed by atoms with Crippen LogP contribution in [0.5, 0.6) is 0 Å². The molecule has 2 bridgehead atoms. The highest BCUT2D eigenvalue weighted by Crippen LogP contribution is 2.27. The van der Waals surface area contributed by atoms with Crippen molar-refractivity contribution in [2.24, 2.45) is 29.0 Å². The lowest BCUT2D eigenvalue weighted by atomic mass is 9.97. The molecule has 1 aromatic rings. The number of aromatic amines is 1. The van der Waals surface area contributed by atoms with Gasteiger partial charge in [0.2, 0.25) is 88.6 Å². The summed E-state index contributed by atoms with van der Waals surface area (Å²) in [5.74, 6) is -16.0. The Morgan fingerprint density at radius 2 is 1.11 bits per heavy atom. The number of imidazole rings is 1. The van der Waals surface area contributed by atoms with Gasteiger partial charge < -0.3 is 106 Å². The predicted molar refractivity (Wildman–Crippen MR) is 383 cm³/mol. The van der Waals surface area contributed by atoms with Crippen LogP contribution >= 0.6 is 54.9 Å². The van der Waals surface area contributed by atoms with Gasteiger partial charge in [-0.2, -0.15) is 11.8 Å². The number of nitrogens with two attached hydrogens (primary N) is 3. The number of fused-ring (bicyclic) bond motifs is 10. The highest BCUT2D eigenvalue weighted by atomic mass is 33.1. The Morgan fingerprint density at radius 3 is 1.66 bits per heavy atom. The number of carbonyl (C=O) groups is 15. The van der Waals surface area contributed by atoms with Crippen LogP contribution in [0.1, 0.15) is 98.1 Å². The average molecular weight is 1530 g/mol. The summed E-state index contributed by atoms with van der Waals surface area (Å²) >= 11 is 1.32. The number of amides is 15. The molecule has 15 amide bonds. The summed E-state index contributed by atoms with van der Waals surface area (Å²) in [6.45, 7) is 5.46. The first-order chi connectivity index (χ1) is 48.6. The van der Waals surface area contributed by atoms with Crippen LogP contribution in [0, 0.1) is 11.8 Å². The minimum absolute atomic E-state index is 0.00289. The van der Waals surface area contributed by atoms with E-state index < -0.39 is 211 Å². The van der Waals surface area contributed by atoms with Crippen molar-refractivity contribution in [3.05, 3.63) is 18.2 Å². The molecule has 0 radical (unpaired) electrons. The number of aliphatic hydroxyl groups excluding tert-OH is 2. The van der Waals surface area contributed by atoms with E-state index in [2.05, 4.69) is 73.8 Å². The van der Waals surface area contributed by atoms with Gasteiger partial charge >= 0.3 is 0 Å². The Labute approximate surface area is 611 Å². The fraction of sp³-hybridized carbons (Fsp3) is 0.705. The lowest BCUT2D eigenvalue weighted by Gasteiger charge is -2.31. The van der Waals surface area contributed by atoms with Crippen LogP contribution in [0.2, 0.25) is 0 Å². The highest BCUT2D eigenvalue weighted by Gasteiger charge is 2.44. The molecule has 5 heterocycles. The number of aliphatic hydroxyl groups is 2. The van der Waals surface area contributed by atoms with Crippen molar-refractivity contribution in [3.8, 4) is 0 Å². The second-order valence-corrected chi connectivity index (χ2v) is 31.4. The van der Waals surface area contributed by atoms with E-state index in [1.807, 2.05) is 0 Å². The molecule has 5 rings (SSSR count). The van der Waals surface area contributed by atoms with E-state index in [0.717, 1.165) is 48.1 Å². The van der Waals surface area contributed by atoms with E-state index in [1.54, 1.807) is 34.0 Å². The van der Waals surface area contributed by atoms with Gasteiger partial charge in [0.1, 0.15) is 84.6 Å². The average Bonchev–Trinajstić information content (AvgIpc) is 1.61. The minimum atomic E-state index is -1.82.